The highest BCUT2D eigenvalue weighted by atomic mass is 16.2. The van der Waals surface area contributed by atoms with Crippen LogP contribution in [0, 0.1) is 0 Å². The molecule has 1 aliphatic heterocycles. The maximum atomic E-state index is 12.8. The third kappa shape index (κ3) is 3.44. The monoisotopic (exact) mass is 387 g/mol. The van der Waals surface area contributed by atoms with Gasteiger partial charge in [0.05, 0.1) is 6.42 Å². The van der Waals surface area contributed by atoms with E-state index in [9.17, 15) is 4.79 Å². The number of anilines is 1. The Balaban J connectivity index is 1.23. The Morgan fingerprint density at radius 2 is 1.86 bits per heavy atom. The van der Waals surface area contributed by atoms with Crippen molar-refractivity contribution in [1.29, 1.82) is 0 Å². The molecule has 1 amide bonds. The topological polar surface area (TPSA) is 82.9 Å². The van der Waals surface area contributed by atoms with Crippen LogP contribution in [0.1, 0.15) is 5.56 Å². The van der Waals surface area contributed by atoms with Gasteiger partial charge in [-0.15, -0.1) is 0 Å². The first kappa shape index (κ1) is 17.4. The Morgan fingerprint density at radius 3 is 2.69 bits per heavy atom. The number of hydrogen-bond donors (Lipinski definition) is 1. The van der Waals surface area contributed by atoms with Crippen molar-refractivity contribution in [2.24, 2.45) is 0 Å². The van der Waals surface area contributed by atoms with Crippen molar-refractivity contribution in [3.63, 3.8) is 0 Å². The molecule has 146 valence electrons. The summed E-state index contributed by atoms with van der Waals surface area (Å²) in [5.41, 5.74) is 2.12. The first-order valence-electron chi connectivity index (χ1n) is 9.68. The van der Waals surface area contributed by atoms with Crippen LogP contribution < -0.4 is 4.90 Å². The zero-order chi connectivity index (χ0) is 19.6. The van der Waals surface area contributed by atoms with Gasteiger partial charge in [-0.2, -0.15) is 5.10 Å². The van der Waals surface area contributed by atoms with Crippen LogP contribution in [0.25, 0.3) is 16.7 Å². The first-order valence-corrected chi connectivity index (χ1v) is 9.68. The fourth-order valence-corrected chi connectivity index (χ4v) is 3.78. The minimum absolute atomic E-state index is 0.161. The number of aromatic amines is 1. The molecule has 5 rings (SSSR count). The molecule has 29 heavy (non-hydrogen) atoms. The normalized spacial score (nSPS) is 14.5. The standard InChI is InChI=1S/C21H21N7O/c29-21(12-16-14-22-18-5-2-1-4-17(16)18)27-10-8-26(9-11-27)19-13-20(24-15-23-19)28-7-3-6-25-28/h1-7,13-15,22H,8-12H2. The molecule has 1 aromatic carbocycles. The van der Waals surface area contributed by atoms with Crippen LogP contribution in [0.3, 0.4) is 0 Å². The third-order valence-corrected chi connectivity index (χ3v) is 5.35. The summed E-state index contributed by atoms with van der Waals surface area (Å²) in [4.78, 5) is 28.9. The van der Waals surface area contributed by atoms with Crippen molar-refractivity contribution in [1.82, 2.24) is 29.6 Å². The average Bonchev–Trinajstić information content (AvgIpc) is 3.45. The second kappa shape index (κ2) is 7.38. The van der Waals surface area contributed by atoms with E-state index in [2.05, 4.69) is 31.0 Å². The SMILES string of the molecule is O=C(Cc1c[nH]c2ccccc12)N1CCN(c2cc(-n3cccn3)ncn2)CC1. The Hall–Kier alpha value is -3.68. The van der Waals surface area contributed by atoms with E-state index in [0.717, 1.165) is 41.2 Å². The van der Waals surface area contributed by atoms with Gasteiger partial charge in [0, 0.05) is 61.7 Å². The van der Waals surface area contributed by atoms with Gasteiger partial charge in [-0.05, 0) is 17.7 Å². The van der Waals surface area contributed by atoms with Crippen molar-refractivity contribution in [2.75, 3.05) is 31.1 Å². The van der Waals surface area contributed by atoms with Crippen LogP contribution >= 0.6 is 0 Å². The molecule has 0 radical (unpaired) electrons. The summed E-state index contributed by atoms with van der Waals surface area (Å²) in [5, 5.41) is 5.33. The number of amides is 1. The van der Waals surface area contributed by atoms with Crippen molar-refractivity contribution in [3.8, 4) is 5.82 Å². The molecule has 8 nitrogen and oxygen atoms in total. The number of H-pyrrole nitrogens is 1. The van der Waals surface area contributed by atoms with Gasteiger partial charge in [0.2, 0.25) is 5.91 Å². The van der Waals surface area contributed by atoms with Gasteiger partial charge in [0.15, 0.2) is 5.82 Å². The van der Waals surface area contributed by atoms with Gasteiger partial charge >= 0.3 is 0 Å². The molecule has 0 atom stereocenters. The number of aromatic nitrogens is 5. The highest BCUT2D eigenvalue weighted by Crippen LogP contribution is 2.20. The van der Waals surface area contributed by atoms with E-state index >= 15 is 0 Å². The first-order chi connectivity index (χ1) is 14.3. The molecule has 1 N–H and O–H groups in total. The average molecular weight is 387 g/mol. The predicted molar refractivity (Wildman–Crippen MR) is 110 cm³/mol. The van der Waals surface area contributed by atoms with E-state index < -0.39 is 0 Å². The number of carbonyl (C=O) groups is 1. The summed E-state index contributed by atoms with van der Waals surface area (Å²) in [6.45, 7) is 2.86. The Bertz CT molecular complexity index is 1130. The van der Waals surface area contributed by atoms with Gasteiger partial charge in [-0.25, -0.2) is 14.6 Å². The predicted octanol–water partition coefficient (Wildman–Crippen LogP) is 2.03. The van der Waals surface area contributed by atoms with E-state index in [-0.39, 0.29) is 5.91 Å². The quantitative estimate of drug-likeness (QED) is 0.579. The molecule has 0 aliphatic carbocycles. The van der Waals surface area contributed by atoms with E-state index in [1.807, 2.05) is 47.6 Å². The minimum atomic E-state index is 0.161. The highest BCUT2D eigenvalue weighted by molar-refractivity contribution is 5.89. The Morgan fingerprint density at radius 1 is 1.03 bits per heavy atom. The van der Waals surface area contributed by atoms with Gasteiger partial charge in [-0.1, -0.05) is 18.2 Å². The number of piperazine rings is 1. The van der Waals surface area contributed by atoms with Crippen LogP contribution in [0.15, 0.2) is 61.3 Å². The van der Waals surface area contributed by atoms with Crippen LogP contribution in [0.5, 0.6) is 0 Å². The molecule has 1 fully saturated rings. The second-order valence-electron chi connectivity index (χ2n) is 7.09. The van der Waals surface area contributed by atoms with Crippen LogP contribution in [-0.2, 0) is 11.2 Å². The molecule has 8 heteroatoms. The van der Waals surface area contributed by atoms with Crippen molar-refractivity contribution in [2.45, 2.75) is 6.42 Å². The van der Waals surface area contributed by atoms with Crippen LogP contribution in [-0.4, -0.2) is 61.7 Å². The lowest BCUT2D eigenvalue weighted by Crippen LogP contribution is -2.49. The molecule has 0 bridgehead atoms. The number of nitrogens with zero attached hydrogens (tertiary/aromatic N) is 6. The largest absolute Gasteiger partial charge is 0.361 e. The lowest BCUT2D eigenvalue weighted by Gasteiger charge is -2.35. The molecule has 0 spiro atoms. The summed E-state index contributed by atoms with van der Waals surface area (Å²) in [7, 11) is 0. The van der Waals surface area contributed by atoms with Crippen molar-refractivity contribution >= 4 is 22.6 Å². The molecule has 0 unspecified atom stereocenters. The van der Waals surface area contributed by atoms with Crippen LogP contribution in [0.2, 0.25) is 0 Å². The number of carbonyl (C=O) groups excluding carboxylic acids is 1. The van der Waals surface area contributed by atoms with E-state index in [0.29, 0.717) is 19.5 Å². The summed E-state index contributed by atoms with van der Waals surface area (Å²) < 4.78 is 1.71. The molecule has 4 aromatic rings. The van der Waals surface area contributed by atoms with Gasteiger partial charge < -0.3 is 14.8 Å². The Kier molecular flexibility index (Phi) is 4.44. The maximum absolute atomic E-state index is 12.8. The number of benzene rings is 1. The number of hydrogen-bond acceptors (Lipinski definition) is 5. The highest BCUT2D eigenvalue weighted by Gasteiger charge is 2.23. The smallest absolute Gasteiger partial charge is 0.227 e. The number of para-hydroxylation sites is 1. The number of nitrogens with one attached hydrogen (secondary N) is 1. The summed E-state index contributed by atoms with van der Waals surface area (Å²) >= 11 is 0. The second-order valence-corrected chi connectivity index (χ2v) is 7.09. The van der Waals surface area contributed by atoms with Crippen molar-refractivity contribution < 1.29 is 4.79 Å². The summed E-state index contributed by atoms with van der Waals surface area (Å²) in [6.07, 6.45) is 7.49. The van der Waals surface area contributed by atoms with Gasteiger partial charge in [0.25, 0.3) is 0 Å². The van der Waals surface area contributed by atoms with Crippen LogP contribution in [0.4, 0.5) is 5.82 Å². The fraction of sp³-hybridized carbons (Fsp3) is 0.238. The third-order valence-electron chi connectivity index (χ3n) is 5.35. The molecule has 1 saturated heterocycles. The lowest BCUT2D eigenvalue weighted by atomic mass is 10.1. The van der Waals surface area contributed by atoms with Gasteiger partial charge in [0.1, 0.15) is 12.1 Å². The zero-order valence-electron chi connectivity index (χ0n) is 15.9. The molecule has 1 aliphatic rings. The number of fused-ring (bicyclic) bond motifs is 1. The Labute approximate surface area is 167 Å². The van der Waals surface area contributed by atoms with E-state index in [1.54, 1.807) is 17.2 Å². The minimum Gasteiger partial charge on any atom is -0.361 e. The van der Waals surface area contributed by atoms with Gasteiger partial charge in [-0.3, -0.25) is 4.79 Å². The zero-order valence-corrected chi connectivity index (χ0v) is 15.9. The fourth-order valence-electron chi connectivity index (χ4n) is 3.78. The number of rotatable bonds is 4. The molecule has 4 heterocycles. The molecular weight excluding hydrogens is 366 g/mol. The van der Waals surface area contributed by atoms with Crippen molar-refractivity contribution in [3.05, 3.63) is 66.9 Å². The van der Waals surface area contributed by atoms with E-state index in [1.165, 1.54) is 0 Å². The maximum Gasteiger partial charge on any atom is 0.227 e. The summed E-state index contributed by atoms with van der Waals surface area (Å²) in [5.74, 6) is 1.75. The summed E-state index contributed by atoms with van der Waals surface area (Å²) in [6, 6.07) is 11.9. The molecule has 0 saturated carbocycles. The van der Waals surface area contributed by atoms with E-state index in [4.69, 9.17) is 0 Å². The lowest BCUT2D eigenvalue weighted by molar-refractivity contribution is -0.130. The molecular formula is C21H21N7O. The molecule has 3 aromatic heterocycles.